The first-order valence-corrected chi connectivity index (χ1v) is 7.27. The number of carbonyl (C=O) groups is 2. The van der Waals surface area contributed by atoms with Crippen LogP contribution in [0.15, 0.2) is 0 Å². The number of carbonyl (C=O) groups excluding carboxylic acids is 2. The number of thiophene rings is 1. The lowest BCUT2D eigenvalue weighted by molar-refractivity contribution is -0.117. The van der Waals surface area contributed by atoms with E-state index in [2.05, 4.69) is 5.32 Å². The summed E-state index contributed by atoms with van der Waals surface area (Å²) in [6, 6.07) is 1.85. The number of rotatable bonds is 4. The second kappa shape index (κ2) is 5.63. The van der Waals surface area contributed by atoms with E-state index in [0.29, 0.717) is 10.6 Å². The molecule has 20 heavy (non-hydrogen) atoms. The fraction of sp³-hybridized carbons (Fsp3) is 0.500. The van der Waals surface area contributed by atoms with Crippen molar-refractivity contribution >= 4 is 28.2 Å². The summed E-state index contributed by atoms with van der Waals surface area (Å²) >= 11 is 1.36. The van der Waals surface area contributed by atoms with Crippen molar-refractivity contribution in [3.05, 3.63) is 16.0 Å². The quantitative estimate of drug-likeness (QED) is 0.865. The van der Waals surface area contributed by atoms with Crippen LogP contribution in [0.1, 0.15) is 40.6 Å². The zero-order chi connectivity index (χ0) is 14.9. The number of nitrogens with zero attached hydrogens (tertiary/aromatic N) is 1. The van der Waals surface area contributed by atoms with E-state index in [1.54, 1.807) is 0 Å². The third-order valence-electron chi connectivity index (χ3n) is 3.24. The highest BCUT2D eigenvalue weighted by Gasteiger charge is 2.31. The Balaban J connectivity index is 2.23. The number of aryl methyl sites for hydroxylation is 1. The van der Waals surface area contributed by atoms with E-state index < -0.39 is 12.1 Å². The SMILES string of the molecule is Cc1sc(NC(=O)C2CC2)c(C(=O)O[C@@H](C)C#N)c1C. The Morgan fingerprint density at radius 3 is 2.65 bits per heavy atom. The molecule has 1 aliphatic carbocycles. The number of hydrogen-bond acceptors (Lipinski definition) is 5. The molecule has 1 N–H and O–H groups in total. The van der Waals surface area contributed by atoms with Gasteiger partial charge in [-0.15, -0.1) is 11.3 Å². The van der Waals surface area contributed by atoms with Gasteiger partial charge in [-0.2, -0.15) is 5.26 Å². The van der Waals surface area contributed by atoms with Crippen molar-refractivity contribution in [1.29, 1.82) is 5.26 Å². The van der Waals surface area contributed by atoms with Crippen LogP contribution in [0.4, 0.5) is 5.00 Å². The molecule has 1 fully saturated rings. The van der Waals surface area contributed by atoms with Gasteiger partial charge in [-0.1, -0.05) is 0 Å². The molecule has 1 amide bonds. The summed E-state index contributed by atoms with van der Waals surface area (Å²) in [4.78, 5) is 24.9. The third-order valence-corrected chi connectivity index (χ3v) is 4.36. The van der Waals surface area contributed by atoms with Crippen LogP contribution in [-0.4, -0.2) is 18.0 Å². The number of esters is 1. The van der Waals surface area contributed by atoms with Crippen molar-refractivity contribution in [2.45, 2.75) is 39.7 Å². The van der Waals surface area contributed by atoms with E-state index in [9.17, 15) is 9.59 Å². The molecule has 0 unspecified atom stereocenters. The predicted molar refractivity (Wildman–Crippen MR) is 75.6 cm³/mol. The Bertz CT molecular complexity index is 596. The summed E-state index contributed by atoms with van der Waals surface area (Å²) in [5.74, 6) is -0.541. The van der Waals surface area contributed by atoms with E-state index in [0.717, 1.165) is 23.3 Å². The molecule has 1 heterocycles. The standard InChI is InChI=1S/C14H16N2O3S/c1-7(6-15)19-14(18)11-8(2)9(3)20-13(11)16-12(17)10-4-5-10/h7,10H,4-5H2,1-3H3,(H,16,17)/t7-/m0/s1. The van der Waals surface area contributed by atoms with Crippen LogP contribution in [0.2, 0.25) is 0 Å². The summed E-state index contributed by atoms with van der Waals surface area (Å²) in [5.41, 5.74) is 1.15. The molecule has 6 heteroatoms. The van der Waals surface area contributed by atoms with Crippen molar-refractivity contribution in [1.82, 2.24) is 0 Å². The van der Waals surface area contributed by atoms with Crippen LogP contribution >= 0.6 is 11.3 Å². The van der Waals surface area contributed by atoms with Gasteiger partial charge in [0, 0.05) is 10.8 Å². The maximum Gasteiger partial charge on any atom is 0.342 e. The zero-order valence-electron chi connectivity index (χ0n) is 11.6. The summed E-state index contributed by atoms with van der Waals surface area (Å²) in [5, 5.41) is 12.0. The summed E-state index contributed by atoms with van der Waals surface area (Å²) in [6.45, 7) is 5.21. The molecule has 1 aromatic rings. The Morgan fingerprint density at radius 2 is 2.10 bits per heavy atom. The van der Waals surface area contributed by atoms with Gasteiger partial charge in [0.25, 0.3) is 0 Å². The average molecular weight is 292 g/mol. The Labute approximate surface area is 121 Å². The number of ether oxygens (including phenoxy) is 1. The van der Waals surface area contributed by atoms with E-state index >= 15 is 0 Å². The van der Waals surface area contributed by atoms with Crippen LogP contribution < -0.4 is 5.32 Å². The normalized spacial score (nSPS) is 15.3. The minimum absolute atomic E-state index is 0.0476. The molecule has 0 aliphatic heterocycles. The number of anilines is 1. The minimum atomic E-state index is -0.811. The van der Waals surface area contributed by atoms with Gasteiger partial charge in [-0.05, 0) is 39.2 Å². The van der Waals surface area contributed by atoms with Gasteiger partial charge >= 0.3 is 5.97 Å². The maximum absolute atomic E-state index is 12.1. The number of nitriles is 1. The number of hydrogen-bond donors (Lipinski definition) is 1. The molecular formula is C14H16N2O3S. The minimum Gasteiger partial charge on any atom is -0.444 e. The molecule has 0 saturated heterocycles. The van der Waals surface area contributed by atoms with Crippen molar-refractivity contribution in [2.24, 2.45) is 5.92 Å². The monoisotopic (exact) mass is 292 g/mol. The second-order valence-electron chi connectivity index (χ2n) is 4.93. The van der Waals surface area contributed by atoms with Crippen LogP contribution in [-0.2, 0) is 9.53 Å². The molecule has 0 aromatic carbocycles. The highest BCUT2D eigenvalue weighted by molar-refractivity contribution is 7.16. The highest BCUT2D eigenvalue weighted by atomic mass is 32.1. The van der Waals surface area contributed by atoms with E-state index in [4.69, 9.17) is 10.00 Å². The molecule has 1 aromatic heterocycles. The smallest absolute Gasteiger partial charge is 0.342 e. The van der Waals surface area contributed by atoms with E-state index in [1.165, 1.54) is 18.3 Å². The van der Waals surface area contributed by atoms with Gasteiger partial charge in [0.05, 0.1) is 5.56 Å². The van der Waals surface area contributed by atoms with E-state index in [-0.39, 0.29) is 11.8 Å². The lowest BCUT2D eigenvalue weighted by Crippen LogP contribution is -2.18. The Hall–Kier alpha value is -1.87. The first-order chi connectivity index (χ1) is 9.43. The van der Waals surface area contributed by atoms with Gasteiger partial charge in [-0.25, -0.2) is 4.79 Å². The van der Waals surface area contributed by atoms with Crippen LogP contribution in [0.25, 0.3) is 0 Å². The molecule has 0 spiro atoms. The van der Waals surface area contributed by atoms with Crippen molar-refractivity contribution in [3.8, 4) is 6.07 Å². The molecule has 1 aliphatic rings. The van der Waals surface area contributed by atoms with Crippen LogP contribution in [0.5, 0.6) is 0 Å². The molecule has 0 bridgehead atoms. The van der Waals surface area contributed by atoms with Crippen molar-refractivity contribution < 1.29 is 14.3 Å². The molecule has 5 nitrogen and oxygen atoms in total. The molecule has 1 saturated carbocycles. The molecule has 106 valence electrons. The second-order valence-corrected chi connectivity index (χ2v) is 6.15. The molecule has 1 atom stereocenters. The summed E-state index contributed by atoms with van der Waals surface area (Å²) < 4.78 is 5.03. The Morgan fingerprint density at radius 1 is 1.45 bits per heavy atom. The van der Waals surface area contributed by atoms with Gasteiger partial charge in [0.1, 0.15) is 11.1 Å². The van der Waals surface area contributed by atoms with Gasteiger partial charge in [0.2, 0.25) is 5.91 Å². The zero-order valence-corrected chi connectivity index (χ0v) is 12.5. The van der Waals surface area contributed by atoms with Crippen molar-refractivity contribution in [2.75, 3.05) is 5.32 Å². The molecular weight excluding hydrogens is 276 g/mol. The molecule has 2 rings (SSSR count). The van der Waals surface area contributed by atoms with Gasteiger partial charge in [-0.3, -0.25) is 4.79 Å². The lowest BCUT2D eigenvalue weighted by Gasteiger charge is -2.08. The topological polar surface area (TPSA) is 79.2 Å². The number of nitrogens with one attached hydrogen (secondary N) is 1. The third kappa shape index (κ3) is 2.99. The fourth-order valence-corrected chi connectivity index (χ4v) is 2.82. The number of amides is 1. The summed E-state index contributed by atoms with van der Waals surface area (Å²) in [7, 11) is 0. The van der Waals surface area contributed by atoms with Crippen molar-refractivity contribution in [3.63, 3.8) is 0 Å². The lowest BCUT2D eigenvalue weighted by atomic mass is 10.1. The largest absolute Gasteiger partial charge is 0.444 e. The predicted octanol–water partition coefficient (Wildman–Crippen LogP) is 2.78. The van der Waals surface area contributed by atoms with Gasteiger partial charge in [0.15, 0.2) is 6.10 Å². The average Bonchev–Trinajstić information content (AvgIpc) is 3.18. The molecule has 0 radical (unpaired) electrons. The Kier molecular flexibility index (Phi) is 4.09. The maximum atomic E-state index is 12.1. The van der Waals surface area contributed by atoms with Crippen LogP contribution in [0, 0.1) is 31.1 Å². The first kappa shape index (κ1) is 14.5. The van der Waals surface area contributed by atoms with Crippen LogP contribution in [0.3, 0.4) is 0 Å². The van der Waals surface area contributed by atoms with E-state index in [1.807, 2.05) is 19.9 Å². The first-order valence-electron chi connectivity index (χ1n) is 6.45. The highest BCUT2D eigenvalue weighted by Crippen LogP contribution is 2.36. The van der Waals surface area contributed by atoms with Gasteiger partial charge < -0.3 is 10.1 Å². The summed E-state index contributed by atoms with van der Waals surface area (Å²) in [6.07, 6.45) is 0.995. The fourth-order valence-electron chi connectivity index (χ4n) is 1.77.